The van der Waals surface area contributed by atoms with Gasteiger partial charge >= 0.3 is 5.97 Å². The van der Waals surface area contributed by atoms with Gasteiger partial charge in [0.15, 0.2) is 0 Å². The highest BCUT2D eigenvalue weighted by Crippen LogP contribution is 2.11. The summed E-state index contributed by atoms with van der Waals surface area (Å²) in [5.74, 6) is -1.45. The summed E-state index contributed by atoms with van der Waals surface area (Å²) in [5, 5.41) is 11.4. The van der Waals surface area contributed by atoms with Crippen molar-refractivity contribution >= 4 is 11.9 Å². The smallest absolute Gasteiger partial charge is 0.326 e. The molecule has 1 fully saturated rings. The maximum absolute atomic E-state index is 11.6. The third-order valence-corrected chi connectivity index (χ3v) is 3.05. The van der Waals surface area contributed by atoms with E-state index in [2.05, 4.69) is 5.32 Å². The molecule has 2 unspecified atom stereocenters. The van der Waals surface area contributed by atoms with Crippen molar-refractivity contribution in [3.05, 3.63) is 0 Å². The van der Waals surface area contributed by atoms with Gasteiger partial charge in [-0.25, -0.2) is 4.79 Å². The van der Waals surface area contributed by atoms with Crippen LogP contribution in [0.5, 0.6) is 0 Å². The maximum Gasteiger partial charge on any atom is 0.326 e. The van der Waals surface area contributed by atoms with Gasteiger partial charge in [-0.2, -0.15) is 0 Å². The van der Waals surface area contributed by atoms with E-state index in [9.17, 15) is 9.59 Å². The van der Waals surface area contributed by atoms with Crippen molar-refractivity contribution in [3.63, 3.8) is 0 Å². The van der Waals surface area contributed by atoms with E-state index < -0.39 is 12.0 Å². The average molecular weight is 273 g/mol. The van der Waals surface area contributed by atoms with Crippen LogP contribution in [-0.4, -0.2) is 48.9 Å². The van der Waals surface area contributed by atoms with Crippen LogP contribution in [0.1, 0.15) is 33.1 Å². The second-order valence-electron chi connectivity index (χ2n) is 5.09. The molecule has 6 heteroatoms. The number of aliphatic carboxylic acids is 1. The first-order chi connectivity index (χ1) is 9.00. The van der Waals surface area contributed by atoms with Gasteiger partial charge in [0.2, 0.25) is 5.91 Å². The zero-order valence-electron chi connectivity index (χ0n) is 11.6. The molecular formula is C13H23NO5. The van der Waals surface area contributed by atoms with Gasteiger partial charge < -0.3 is 19.9 Å². The number of hydrogen-bond donors (Lipinski definition) is 2. The monoisotopic (exact) mass is 273 g/mol. The van der Waals surface area contributed by atoms with Crippen molar-refractivity contribution in [3.8, 4) is 0 Å². The molecule has 2 N–H and O–H groups in total. The first kappa shape index (κ1) is 15.9. The Morgan fingerprint density at radius 2 is 2.21 bits per heavy atom. The number of carbonyl (C=O) groups excluding carboxylic acids is 1. The van der Waals surface area contributed by atoms with Crippen LogP contribution < -0.4 is 5.32 Å². The molecule has 1 aliphatic rings. The summed E-state index contributed by atoms with van der Waals surface area (Å²) in [6, 6.07) is -0.842. The first-order valence-electron chi connectivity index (χ1n) is 6.72. The molecule has 1 heterocycles. The molecule has 6 nitrogen and oxygen atoms in total. The van der Waals surface area contributed by atoms with E-state index in [4.69, 9.17) is 14.6 Å². The number of amides is 1. The minimum atomic E-state index is -1.01. The Morgan fingerprint density at radius 3 is 2.74 bits per heavy atom. The lowest BCUT2D eigenvalue weighted by Gasteiger charge is -2.18. The molecule has 0 bridgehead atoms. The van der Waals surface area contributed by atoms with Crippen LogP contribution >= 0.6 is 0 Å². The van der Waals surface area contributed by atoms with Gasteiger partial charge in [-0.15, -0.1) is 0 Å². The lowest BCUT2D eigenvalue weighted by molar-refractivity contribution is -0.143. The van der Waals surface area contributed by atoms with Crippen LogP contribution in [0.4, 0.5) is 0 Å². The molecule has 0 spiro atoms. The van der Waals surface area contributed by atoms with Gasteiger partial charge in [-0.05, 0) is 18.8 Å². The highest BCUT2D eigenvalue weighted by atomic mass is 16.5. The van der Waals surface area contributed by atoms with Crippen molar-refractivity contribution in [2.24, 2.45) is 5.92 Å². The SMILES string of the molecule is CC(C)C(NC(=O)CCOCC1CCCO1)C(=O)O. The molecule has 0 saturated carbocycles. The van der Waals surface area contributed by atoms with Crippen molar-refractivity contribution < 1.29 is 24.2 Å². The molecule has 0 aliphatic carbocycles. The molecule has 0 aromatic carbocycles. The topological polar surface area (TPSA) is 84.9 Å². The summed E-state index contributed by atoms with van der Waals surface area (Å²) < 4.78 is 10.7. The fraction of sp³-hybridized carbons (Fsp3) is 0.846. The Kier molecular flexibility index (Phi) is 6.80. The summed E-state index contributed by atoms with van der Waals surface area (Å²) in [6.45, 7) is 5.08. The number of carbonyl (C=O) groups is 2. The van der Waals surface area contributed by atoms with Crippen LogP contribution in [0.15, 0.2) is 0 Å². The van der Waals surface area contributed by atoms with E-state index in [1.165, 1.54) is 0 Å². The number of hydrogen-bond acceptors (Lipinski definition) is 4. The summed E-state index contributed by atoms with van der Waals surface area (Å²) in [5.41, 5.74) is 0. The van der Waals surface area contributed by atoms with E-state index in [0.29, 0.717) is 6.61 Å². The third kappa shape index (κ3) is 6.02. The number of carboxylic acids is 1. The molecule has 0 aromatic heterocycles. The molecule has 1 saturated heterocycles. The second kappa shape index (κ2) is 8.12. The van der Waals surface area contributed by atoms with Crippen LogP contribution in [-0.2, 0) is 19.1 Å². The summed E-state index contributed by atoms with van der Waals surface area (Å²) in [6.07, 6.45) is 2.37. The molecule has 0 radical (unpaired) electrons. The minimum Gasteiger partial charge on any atom is -0.480 e. The van der Waals surface area contributed by atoms with E-state index >= 15 is 0 Å². The number of carboxylic acid groups (broad SMARTS) is 1. The summed E-state index contributed by atoms with van der Waals surface area (Å²) in [4.78, 5) is 22.5. The zero-order valence-corrected chi connectivity index (χ0v) is 11.6. The third-order valence-electron chi connectivity index (χ3n) is 3.05. The quantitative estimate of drug-likeness (QED) is 0.639. The fourth-order valence-electron chi connectivity index (χ4n) is 1.91. The standard InChI is InChI=1S/C13H23NO5/c1-9(2)12(13(16)17)14-11(15)5-7-18-8-10-4-3-6-19-10/h9-10,12H,3-8H2,1-2H3,(H,14,15)(H,16,17). The lowest BCUT2D eigenvalue weighted by Crippen LogP contribution is -2.44. The molecule has 2 atom stereocenters. The molecule has 1 aliphatic heterocycles. The molecule has 0 aromatic rings. The zero-order chi connectivity index (χ0) is 14.3. The van der Waals surface area contributed by atoms with Crippen LogP contribution in [0.3, 0.4) is 0 Å². The normalized spacial score (nSPS) is 20.5. The van der Waals surface area contributed by atoms with Gasteiger partial charge in [0.1, 0.15) is 6.04 Å². The van der Waals surface area contributed by atoms with Crippen molar-refractivity contribution in [2.45, 2.75) is 45.3 Å². The lowest BCUT2D eigenvalue weighted by atomic mass is 10.0. The van der Waals surface area contributed by atoms with Crippen LogP contribution in [0.2, 0.25) is 0 Å². The predicted octanol–water partition coefficient (Wildman–Crippen LogP) is 0.798. The second-order valence-corrected chi connectivity index (χ2v) is 5.09. The van der Waals surface area contributed by atoms with Crippen molar-refractivity contribution in [2.75, 3.05) is 19.8 Å². The molecule has 19 heavy (non-hydrogen) atoms. The number of rotatable bonds is 8. The molecule has 1 rings (SSSR count). The van der Waals surface area contributed by atoms with Crippen molar-refractivity contribution in [1.29, 1.82) is 0 Å². The van der Waals surface area contributed by atoms with Gasteiger partial charge in [-0.1, -0.05) is 13.8 Å². The van der Waals surface area contributed by atoms with Crippen LogP contribution in [0, 0.1) is 5.92 Å². The first-order valence-corrected chi connectivity index (χ1v) is 6.72. The molecule has 1 amide bonds. The molecule has 110 valence electrons. The predicted molar refractivity (Wildman–Crippen MR) is 68.8 cm³/mol. The van der Waals surface area contributed by atoms with E-state index in [-0.39, 0.29) is 31.0 Å². The largest absolute Gasteiger partial charge is 0.480 e. The minimum absolute atomic E-state index is 0.144. The highest BCUT2D eigenvalue weighted by Gasteiger charge is 2.23. The van der Waals surface area contributed by atoms with Gasteiger partial charge in [0.05, 0.1) is 19.3 Å². The van der Waals surface area contributed by atoms with Gasteiger partial charge in [0.25, 0.3) is 0 Å². The average Bonchev–Trinajstić information content (AvgIpc) is 2.84. The Balaban J connectivity index is 2.14. The van der Waals surface area contributed by atoms with Crippen LogP contribution in [0.25, 0.3) is 0 Å². The summed E-state index contributed by atoms with van der Waals surface area (Å²) in [7, 11) is 0. The van der Waals surface area contributed by atoms with E-state index in [0.717, 1.165) is 19.4 Å². The Labute approximate surface area is 113 Å². The van der Waals surface area contributed by atoms with E-state index in [1.54, 1.807) is 13.8 Å². The summed E-state index contributed by atoms with van der Waals surface area (Å²) >= 11 is 0. The van der Waals surface area contributed by atoms with E-state index in [1.807, 2.05) is 0 Å². The Hall–Kier alpha value is -1.14. The molecular weight excluding hydrogens is 250 g/mol. The Morgan fingerprint density at radius 1 is 1.47 bits per heavy atom. The number of nitrogens with one attached hydrogen (secondary N) is 1. The highest BCUT2D eigenvalue weighted by molar-refractivity contribution is 5.83. The van der Waals surface area contributed by atoms with Gasteiger partial charge in [-0.3, -0.25) is 4.79 Å². The van der Waals surface area contributed by atoms with Gasteiger partial charge in [0, 0.05) is 13.0 Å². The fourth-order valence-corrected chi connectivity index (χ4v) is 1.91. The number of ether oxygens (including phenoxy) is 2. The van der Waals surface area contributed by atoms with Crippen molar-refractivity contribution in [1.82, 2.24) is 5.32 Å². The maximum atomic E-state index is 11.6. The Bertz CT molecular complexity index is 299.